The maximum absolute atomic E-state index is 12.8. The van der Waals surface area contributed by atoms with Crippen LogP contribution in [0.1, 0.15) is 44.0 Å². The fraction of sp³-hybridized carbons (Fsp3) is 0.526. The lowest BCUT2D eigenvalue weighted by Gasteiger charge is -2.43. The number of benzene rings is 1. The molecule has 2 atom stereocenters. The zero-order chi connectivity index (χ0) is 16.6. The first-order valence-electron chi connectivity index (χ1n) is 8.45. The Labute approximate surface area is 137 Å². The highest BCUT2D eigenvalue weighted by atomic mass is 16.3. The predicted octanol–water partition coefficient (Wildman–Crippen LogP) is 3.43. The number of amides is 1. The second kappa shape index (κ2) is 6.00. The number of aromatic amines is 1. The van der Waals surface area contributed by atoms with Crippen LogP contribution in [0.2, 0.25) is 0 Å². The van der Waals surface area contributed by atoms with E-state index in [9.17, 15) is 9.90 Å². The van der Waals surface area contributed by atoms with Gasteiger partial charge < -0.3 is 15.0 Å². The van der Waals surface area contributed by atoms with Crippen molar-refractivity contribution in [2.75, 3.05) is 13.1 Å². The molecule has 1 aromatic carbocycles. The lowest BCUT2D eigenvalue weighted by atomic mass is 9.78. The molecular formula is C19H26N2O2. The Morgan fingerprint density at radius 1 is 1.43 bits per heavy atom. The van der Waals surface area contributed by atoms with Crippen molar-refractivity contribution < 1.29 is 9.90 Å². The SMILES string of the molecule is CC(C)C[C@@H]1CN(C(=O)c2ccc3cc[nH]c3c2)CC[C@]1(C)O. The molecule has 1 aliphatic rings. The summed E-state index contributed by atoms with van der Waals surface area (Å²) in [7, 11) is 0. The van der Waals surface area contributed by atoms with E-state index in [0.29, 0.717) is 31.0 Å². The average Bonchev–Trinajstić information content (AvgIpc) is 2.95. The van der Waals surface area contributed by atoms with Gasteiger partial charge >= 0.3 is 0 Å². The number of rotatable bonds is 3. The van der Waals surface area contributed by atoms with Gasteiger partial charge in [0.05, 0.1) is 5.60 Å². The third-order valence-electron chi connectivity index (χ3n) is 5.05. The topological polar surface area (TPSA) is 56.3 Å². The lowest BCUT2D eigenvalue weighted by molar-refractivity contribution is -0.0577. The van der Waals surface area contributed by atoms with E-state index in [0.717, 1.165) is 17.3 Å². The number of hydrogen-bond acceptors (Lipinski definition) is 2. The third kappa shape index (κ3) is 3.27. The summed E-state index contributed by atoms with van der Waals surface area (Å²) in [6, 6.07) is 7.79. The summed E-state index contributed by atoms with van der Waals surface area (Å²) in [6.45, 7) is 7.48. The van der Waals surface area contributed by atoms with E-state index in [1.807, 2.05) is 42.3 Å². The summed E-state index contributed by atoms with van der Waals surface area (Å²) in [5, 5.41) is 11.7. The minimum atomic E-state index is -0.676. The number of nitrogens with zero attached hydrogens (tertiary/aromatic N) is 1. The van der Waals surface area contributed by atoms with Crippen LogP contribution in [0.4, 0.5) is 0 Å². The number of carbonyl (C=O) groups excluding carboxylic acids is 1. The Balaban J connectivity index is 1.79. The van der Waals surface area contributed by atoms with Gasteiger partial charge in [-0.3, -0.25) is 4.79 Å². The first kappa shape index (κ1) is 16.1. The van der Waals surface area contributed by atoms with E-state index >= 15 is 0 Å². The number of aromatic nitrogens is 1. The number of piperidine rings is 1. The van der Waals surface area contributed by atoms with Crippen LogP contribution in [-0.4, -0.2) is 39.6 Å². The van der Waals surface area contributed by atoms with E-state index in [2.05, 4.69) is 18.8 Å². The van der Waals surface area contributed by atoms with Crippen LogP contribution in [0.25, 0.3) is 10.9 Å². The maximum atomic E-state index is 12.8. The van der Waals surface area contributed by atoms with E-state index < -0.39 is 5.60 Å². The van der Waals surface area contributed by atoms with Crippen LogP contribution in [0.3, 0.4) is 0 Å². The Kier molecular flexibility index (Phi) is 4.19. The zero-order valence-corrected chi connectivity index (χ0v) is 14.2. The molecule has 4 heteroatoms. The number of likely N-dealkylation sites (tertiary alicyclic amines) is 1. The average molecular weight is 314 g/mol. The molecule has 1 aliphatic heterocycles. The molecular weight excluding hydrogens is 288 g/mol. The molecule has 2 aromatic rings. The normalized spacial score (nSPS) is 25.3. The van der Waals surface area contributed by atoms with E-state index in [1.54, 1.807) is 0 Å². The zero-order valence-electron chi connectivity index (χ0n) is 14.2. The molecule has 0 unspecified atom stereocenters. The minimum absolute atomic E-state index is 0.0609. The molecule has 0 aliphatic carbocycles. The molecule has 1 aromatic heterocycles. The van der Waals surface area contributed by atoms with Gasteiger partial charge in [0, 0.05) is 36.3 Å². The van der Waals surface area contributed by atoms with Gasteiger partial charge in [0.15, 0.2) is 0 Å². The highest BCUT2D eigenvalue weighted by Gasteiger charge is 2.39. The Hall–Kier alpha value is -1.81. The van der Waals surface area contributed by atoms with Crippen molar-refractivity contribution in [3.63, 3.8) is 0 Å². The highest BCUT2D eigenvalue weighted by molar-refractivity contribution is 5.98. The van der Waals surface area contributed by atoms with Gasteiger partial charge in [0.25, 0.3) is 5.91 Å². The van der Waals surface area contributed by atoms with Gasteiger partial charge in [-0.2, -0.15) is 0 Å². The second-order valence-electron chi connectivity index (χ2n) is 7.46. The van der Waals surface area contributed by atoms with Crippen LogP contribution in [-0.2, 0) is 0 Å². The maximum Gasteiger partial charge on any atom is 0.253 e. The predicted molar refractivity (Wildman–Crippen MR) is 92.4 cm³/mol. The van der Waals surface area contributed by atoms with Crippen molar-refractivity contribution in [2.24, 2.45) is 11.8 Å². The molecule has 1 saturated heterocycles. The monoisotopic (exact) mass is 314 g/mol. The van der Waals surface area contributed by atoms with Gasteiger partial charge in [-0.25, -0.2) is 0 Å². The minimum Gasteiger partial charge on any atom is -0.390 e. The number of H-pyrrole nitrogens is 1. The molecule has 0 radical (unpaired) electrons. The summed E-state index contributed by atoms with van der Waals surface area (Å²) in [5.74, 6) is 0.706. The second-order valence-corrected chi connectivity index (χ2v) is 7.46. The highest BCUT2D eigenvalue weighted by Crippen LogP contribution is 2.33. The molecule has 3 rings (SSSR count). The molecule has 0 saturated carbocycles. The fourth-order valence-electron chi connectivity index (χ4n) is 3.56. The van der Waals surface area contributed by atoms with Crippen molar-refractivity contribution >= 4 is 16.8 Å². The lowest BCUT2D eigenvalue weighted by Crippen LogP contribution is -2.52. The van der Waals surface area contributed by atoms with Crippen molar-refractivity contribution in [3.8, 4) is 0 Å². The quantitative estimate of drug-likeness (QED) is 0.912. The van der Waals surface area contributed by atoms with Crippen LogP contribution >= 0.6 is 0 Å². The Morgan fingerprint density at radius 3 is 2.96 bits per heavy atom. The molecule has 4 nitrogen and oxygen atoms in total. The summed E-state index contributed by atoms with van der Waals surface area (Å²) in [4.78, 5) is 17.9. The fourth-order valence-corrected chi connectivity index (χ4v) is 3.56. The summed E-state index contributed by atoms with van der Waals surface area (Å²) >= 11 is 0. The summed E-state index contributed by atoms with van der Waals surface area (Å²) < 4.78 is 0. The van der Waals surface area contributed by atoms with Gasteiger partial charge in [0.2, 0.25) is 0 Å². The van der Waals surface area contributed by atoms with Crippen LogP contribution < -0.4 is 0 Å². The smallest absolute Gasteiger partial charge is 0.253 e. The molecule has 1 amide bonds. The number of hydrogen-bond donors (Lipinski definition) is 2. The number of nitrogens with one attached hydrogen (secondary N) is 1. The molecule has 23 heavy (non-hydrogen) atoms. The summed E-state index contributed by atoms with van der Waals surface area (Å²) in [6.07, 6.45) is 3.46. The first-order valence-corrected chi connectivity index (χ1v) is 8.45. The number of fused-ring (bicyclic) bond motifs is 1. The van der Waals surface area contributed by atoms with Crippen LogP contribution in [0, 0.1) is 11.8 Å². The van der Waals surface area contributed by atoms with Crippen molar-refractivity contribution in [1.82, 2.24) is 9.88 Å². The van der Waals surface area contributed by atoms with Crippen LogP contribution in [0.5, 0.6) is 0 Å². The molecule has 2 N–H and O–H groups in total. The van der Waals surface area contributed by atoms with E-state index in [-0.39, 0.29) is 11.8 Å². The summed E-state index contributed by atoms with van der Waals surface area (Å²) in [5.41, 5.74) is 1.02. The Morgan fingerprint density at radius 2 is 2.22 bits per heavy atom. The molecule has 124 valence electrons. The van der Waals surface area contributed by atoms with Gasteiger partial charge in [-0.1, -0.05) is 19.9 Å². The molecule has 2 heterocycles. The van der Waals surface area contributed by atoms with Crippen molar-refractivity contribution in [3.05, 3.63) is 36.0 Å². The standard InChI is InChI=1S/C19H26N2O2/c1-13(2)10-16-12-21(9-7-19(16,3)23)18(22)15-5-4-14-6-8-20-17(14)11-15/h4-6,8,11,13,16,20,23H,7,9-10,12H2,1-3H3/t16-,19+/m1/s1. The molecule has 1 fully saturated rings. The van der Waals surface area contributed by atoms with E-state index in [4.69, 9.17) is 0 Å². The van der Waals surface area contributed by atoms with Gasteiger partial charge in [-0.15, -0.1) is 0 Å². The first-order chi connectivity index (χ1) is 10.9. The molecule has 0 bridgehead atoms. The Bertz CT molecular complexity index is 702. The third-order valence-corrected chi connectivity index (χ3v) is 5.05. The van der Waals surface area contributed by atoms with Gasteiger partial charge in [-0.05, 0) is 49.3 Å². The largest absolute Gasteiger partial charge is 0.390 e. The number of carbonyl (C=O) groups is 1. The van der Waals surface area contributed by atoms with Crippen LogP contribution in [0.15, 0.2) is 30.5 Å². The van der Waals surface area contributed by atoms with Gasteiger partial charge in [0.1, 0.15) is 0 Å². The molecule has 0 spiro atoms. The van der Waals surface area contributed by atoms with E-state index in [1.165, 1.54) is 0 Å². The van der Waals surface area contributed by atoms with Crippen molar-refractivity contribution in [2.45, 2.75) is 39.2 Å². The number of aliphatic hydroxyl groups is 1. The van der Waals surface area contributed by atoms with Crippen molar-refractivity contribution in [1.29, 1.82) is 0 Å².